The van der Waals surface area contributed by atoms with Crippen molar-refractivity contribution in [3.8, 4) is 0 Å². The quantitative estimate of drug-likeness (QED) is 0.610. The lowest BCUT2D eigenvalue weighted by Crippen LogP contribution is -2.33. The molecule has 0 saturated carbocycles. The Labute approximate surface area is 151 Å². The smallest absolute Gasteiger partial charge is 0.269 e. The number of nitrogens with one attached hydrogen (secondary N) is 1. The summed E-state index contributed by atoms with van der Waals surface area (Å²) in [4.78, 5) is 36.2. The Balaban J connectivity index is 1.89. The van der Waals surface area contributed by atoms with E-state index in [1.54, 1.807) is 50.4 Å². The van der Waals surface area contributed by atoms with Crippen LogP contribution < -0.4 is 5.32 Å². The maximum absolute atomic E-state index is 12.3. The van der Waals surface area contributed by atoms with Gasteiger partial charge < -0.3 is 10.2 Å². The molecule has 2 rings (SSSR count). The van der Waals surface area contributed by atoms with Crippen molar-refractivity contribution < 1.29 is 14.5 Å². The summed E-state index contributed by atoms with van der Waals surface area (Å²) < 4.78 is 0. The summed E-state index contributed by atoms with van der Waals surface area (Å²) in [6.45, 7) is 2.03. The minimum Gasteiger partial charge on any atom is -0.352 e. The van der Waals surface area contributed by atoms with Crippen molar-refractivity contribution in [2.24, 2.45) is 0 Å². The van der Waals surface area contributed by atoms with E-state index in [1.807, 2.05) is 6.07 Å². The molecule has 2 amide bonds. The molecule has 26 heavy (non-hydrogen) atoms. The van der Waals surface area contributed by atoms with Crippen LogP contribution in [0.5, 0.6) is 0 Å². The van der Waals surface area contributed by atoms with E-state index < -0.39 is 4.92 Å². The summed E-state index contributed by atoms with van der Waals surface area (Å²) in [7, 11) is 1.64. The van der Waals surface area contributed by atoms with Crippen molar-refractivity contribution in [3.05, 3.63) is 75.8 Å². The third-order valence-electron chi connectivity index (χ3n) is 4.20. The van der Waals surface area contributed by atoms with Gasteiger partial charge in [-0.3, -0.25) is 19.7 Å². The monoisotopic (exact) mass is 355 g/mol. The van der Waals surface area contributed by atoms with Crippen LogP contribution in [0.2, 0.25) is 0 Å². The van der Waals surface area contributed by atoms with Crippen LogP contribution >= 0.6 is 0 Å². The van der Waals surface area contributed by atoms with Crippen molar-refractivity contribution >= 4 is 17.5 Å². The lowest BCUT2D eigenvalue weighted by Gasteiger charge is -2.25. The Hall–Kier alpha value is -3.22. The number of rotatable bonds is 7. The molecule has 0 aliphatic heterocycles. The molecule has 7 heteroatoms. The van der Waals surface area contributed by atoms with E-state index in [1.165, 1.54) is 17.0 Å². The fourth-order valence-electron chi connectivity index (χ4n) is 2.49. The number of nitro groups is 1. The van der Waals surface area contributed by atoms with Gasteiger partial charge in [0.05, 0.1) is 11.0 Å². The molecule has 0 spiro atoms. The minimum absolute atomic E-state index is 0.00896. The van der Waals surface area contributed by atoms with Crippen LogP contribution in [0.4, 0.5) is 5.69 Å². The van der Waals surface area contributed by atoms with Gasteiger partial charge in [-0.05, 0) is 24.6 Å². The number of hydrogen-bond acceptors (Lipinski definition) is 4. The van der Waals surface area contributed by atoms with Crippen LogP contribution in [0.25, 0.3) is 0 Å². The molecule has 0 aliphatic carbocycles. The molecule has 2 aromatic rings. The van der Waals surface area contributed by atoms with E-state index in [0.717, 1.165) is 0 Å². The molecule has 136 valence electrons. The molecule has 0 heterocycles. The first-order valence-corrected chi connectivity index (χ1v) is 8.23. The largest absolute Gasteiger partial charge is 0.352 e. The summed E-state index contributed by atoms with van der Waals surface area (Å²) in [5, 5.41) is 13.6. The van der Waals surface area contributed by atoms with E-state index in [0.29, 0.717) is 11.1 Å². The number of benzene rings is 2. The number of amides is 2. The standard InChI is InChI=1S/C19H21N3O4/c1-14(16-9-6-10-17(13-16)22(25)26)21(2)18(23)11-12-20-19(24)15-7-4-3-5-8-15/h3-10,13-14H,11-12H2,1-2H3,(H,20,24)/t14-/m0/s1. The maximum atomic E-state index is 12.3. The summed E-state index contributed by atoms with van der Waals surface area (Å²) in [5.74, 6) is -0.384. The number of nitro benzene ring substituents is 1. The van der Waals surface area contributed by atoms with Crippen LogP contribution in [0.1, 0.15) is 35.3 Å². The van der Waals surface area contributed by atoms with Crippen molar-refractivity contribution in [2.45, 2.75) is 19.4 Å². The van der Waals surface area contributed by atoms with Gasteiger partial charge >= 0.3 is 0 Å². The average molecular weight is 355 g/mol. The zero-order valence-electron chi connectivity index (χ0n) is 14.7. The molecule has 0 aliphatic rings. The van der Waals surface area contributed by atoms with E-state index in [4.69, 9.17) is 0 Å². The van der Waals surface area contributed by atoms with Crippen molar-refractivity contribution in [2.75, 3.05) is 13.6 Å². The van der Waals surface area contributed by atoms with Crippen molar-refractivity contribution in [1.82, 2.24) is 10.2 Å². The number of carbonyl (C=O) groups excluding carboxylic acids is 2. The van der Waals surface area contributed by atoms with Gasteiger partial charge in [0.2, 0.25) is 5.91 Å². The molecule has 7 nitrogen and oxygen atoms in total. The van der Waals surface area contributed by atoms with Crippen molar-refractivity contribution in [1.29, 1.82) is 0 Å². The molecule has 0 saturated heterocycles. The zero-order valence-corrected chi connectivity index (χ0v) is 14.7. The number of hydrogen-bond donors (Lipinski definition) is 1. The van der Waals surface area contributed by atoms with Crippen LogP contribution in [-0.4, -0.2) is 35.2 Å². The summed E-state index contributed by atoms with van der Waals surface area (Å²) >= 11 is 0. The van der Waals surface area contributed by atoms with Gasteiger partial charge in [0.25, 0.3) is 11.6 Å². The zero-order chi connectivity index (χ0) is 19.1. The normalized spacial score (nSPS) is 11.5. The van der Waals surface area contributed by atoms with Gasteiger partial charge in [0, 0.05) is 37.7 Å². The highest BCUT2D eigenvalue weighted by atomic mass is 16.6. The van der Waals surface area contributed by atoms with Gasteiger partial charge in [0.1, 0.15) is 0 Å². The molecule has 1 atom stereocenters. The van der Waals surface area contributed by atoms with E-state index in [9.17, 15) is 19.7 Å². The third kappa shape index (κ3) is 4.89. The maximum Gasteiger partial charge on any atom is 0.269 e. The first-order chi connectivity index (χ1) is 12.4. The summed E-state index contributed by atoms with van der Waals surface area (Å²) in [6.07, 6.45) is 0.147. The molecule has 0 unspecified atom stereocenters. The van der Waals surface area contributed by atoms with E-state index in [2.05, 4.69) is 5.32 Å². The highest BCUT2D eigenvalue weighted by Crippen LogP contribution is 2.23. The Morgan fingerprint density at radius 3 is 2.50 bits per heavy atom. The molecule has 0 bridgehead atoms. The second-order valence-electron chi connectivity index (χ2n) is 5.90. The molecule has 1 N–H and O–H groups in total. The first-order valence-electron chi connectivity index (χ1n) is 8.23. The topological polar surface area (TPSA) is 92.6 Å². The second kappa shape index (κ2) is 8.75. The highest BCUT2D eigenvalue weighted by Gasteiger charge is 2.19. The van der Waals surface area contributed by atoms with Gasteiger partial charge in [-0.2, -0.15) is 0 Å². The summed E-state index contributed by atoms with van der Waals surface area (Å²) in [6, 6.07) is 14.7. The van der Waals surface area contributed by atoms with Crippen LogP contribution in [-0.2, 0) is 4.79 Å². The second-order valence-corrected chi connectivity index (χ2v) is 5.90. The molecule has 0 radical (unpaired) electrons. The molecule has 0 fully saturated rings. The lowest BCUT2D eigenvalue weighted by molar-refractivity contribution is -0.384. The van der Waals surface area contributed by atoms with Gasteiger partial charge in [-0.25, -0.2) is 0 Å². The predicted octanol–water partition coefficient (Wildman–Crippen LogP) is 2.93. The Morgan fingerprint density at radius 1 is 1.15 bits per heavy atom. The Bertz CT molecular complexity index is 792. The SMILES string of the molecule is C[C@@H](c1cccc([N+](=O)[O-])c1)N(C)C(=O)CCNC(=O)c1ccccc1. The van der Waals surface area contributed by atoms with E-state index in [-0.39, 0.29) is 36.5 Å². The predicted molar refractivity (Wildman–Crippen MR) is 97.7 cm³/mol. The van der Waals surface area contributed by atoms with Gasteiger partial charge in [-0.1, -0.05) is 30.3 Å². The highest BCUT2D eigenvalue weighted by molar-refractivity contribution is 5.94. The summed E-state index contributed by atoms with van der Waals surface area (Å²) in [5.41, 5.74) is 1.21. The van der Waals surface area contributed by atoms with Gasteiger partial charge in [-0.15, -0.1) is 0 Å². The lowest BCUT2D eigenvalue weighted by atomic mass is 10.1. The molecular formula is C19H21N3O4. The first kappa shape index (κ1) is 19.1. The van der Waals surface area contributed by atoms with Crippen LogP contribution in [0.3, 0.4) is 0 Å². The fourth-order valence-corrected chi connectivity index (χ4v) is 2.49. The fraction of sp³-hybridized carbons (Fsp3) is 0.263. The average Bonchev–Trinajstić information content (AvgIpc) is 2.67. The van der Waals surface area contributed by atoms with E-state index >= 15 is 0 Å². The third-order valence-corrected chi connectivity index (χ3v) is 4.20. The number of non-ortho nitro benzene ring substituents is 1. The molecule has 0 aromatic heterocycles. The Kier molecular flexibility index (Phi) is 6.43. The van der Waals surface area contributed by atoms with Gasteiger partial charge in [0.15, 0.2) is 0 Å². The molecular weight excluding hydrogens is 334 g/mol. The Morgan fingerprint density at radius 2 is 1.85 bits per heavy atom. The number of nitrogens with zero attached hydrogens (tertiary/aromatic N) is 2. The van der Waals surface area contributed by atoms with Crippen LogP contribution in [0.15, 0.2) is 54.6 Å². The minimum atomic E-state index is -0.461. The van der Waals surface area contributed by atoms with Crippen molar-refractivity contribution in [3.63, 3.8) is 0 Å². The number of carbonyl (C=O) groups is 2. The van der Waals surface area contributed by atoms with Crippen LogP contribution in [0, 0.1) is 10.1 Å². The molecule has 2 aromatic carbocycles.